The molecule has 0 saturated heterocycles. The van der Waals surface area contributed by atoms with Crippen molar-refractivity contribution in [2.75, 3.05) is 6.54 Å². The molecule has 5 nitrogen and oxygen atoms in total. The molecule has 0 aromatic rings. The molecule has 27 heavy (non-hydrogen) atoms. The van der Waals surface area contributed by atoms with E-state index in [0.717, 1.165) is 12.8 Å². The molecule has 0 radical (unpaired) electrons. The molecule has 0 N–H and O–H groups in total. The van der Waals surface area contributed by atoms with Gasteiger partial charge in [-0.1, -0.05) is 20.4 Å². The van der Waals surface area contributed by atoms with Crippen molar-refractivity contribution >= 4 is 39.7 Å². The van der Waals surface area contributed by atoms with Gasteiger partial charge >= 0.3 is 8.80 Å². The van der Waals surface area contributed by atoms with Crippen molar-refractivity contribution in [1.82, 2.24) is 4.90 Å². The molecule has 9 heteroatoms. The van der Waals surface area contributed by atoms with E-state index >= 15 is 0 Å². The summed E-state index contributed by atoms with van der Waals surface area (Å²) in [5, 5.41) is 0. The average Bonchev–Trinajstić information content (AvgIpc) is 2.40. The van der Waals surface area contributed by atoms with E-state index in [1.807, 2.05) is 4.90 Å². The molecule has 0 saturated carbocycles. The van der Waals surface area contributed by atoms with E-state index < -0.39 is 33.8 Å². The first-order chi connectivity index (χ1) is 12.0. The Labute approximate surface area is 172 Å². The van der Waals surface area contributed by atoms with Gasteiger partial charge in [0.1, 0.15) is 0 Å². The van der Waals surface area contributed by atoms with Gasteiger partial charge in [0, 0.05) is 6.54 Å². The molecule has 0 aromatic heterocycles. The van der Waals surface area contributed by atoms with Crippen molar-refractivity contribution in [2.45, 2.75) is 91.3 Å². The SMILES string of the molecule is C=CC(=O)N(CCC)C(CC)[Si](O[Si](C)(C)C)(O[Si](C)(C)C)O[Si](C)(C)C. The van der Waals surface area contributed by atoms with Gasteiger partial charge in [-0.3, -0.25) is 4.79 Å². The molecule has 0 aliphatic heterocycles. The summed E-state index contributed by atoms with van der Waals surface area (Å²) >= 11 is 0. The first-order valence-electron chi connectivity index (χ1n) is 10.0. The second kappa shape index (κ2) is 10.1. The Morgan fingerprint density at radius 2 is 1.26 bits per heavy atom. The van der Waals surface area contributed by atoms with E-state index in [1.165, 1.54) is 6.08 Å². The van der Waals surface area contributed by atoms with Crippen LogP contribution in [0.2, 0.25) is 58.9 Å². The molecule has 0 aliphatic carbocycles. The van der Waals surface area contributed by atoms with E-state index in [9.17, 15) is 4.79 Å². The van der Waals surface area contributed by atoms with Crippen LogP contribution in [0.3, 0.4) is 0 Å². The first-order valence-corrected chi connectivity index (χ1v) is 22.1. The molecule has 0 fully saturated rings. The number of nitrogens with zero attached hydrogens (tertiary/aromatic N) is 1. The molecular formula is C18H43NO4Si4. The number of hydrogen-bond donors (Lipinski definition) is 0. The van der Waals surface area contributed by atoms with Crippen LogP contribution < -0.4 is 0 Å². The lowest BCUT2D eigenvalue weighted by Gasteiger charge is -2.49. The first kappa shape index (κ1) is 27.0. The van der Waals surface area contributed by atoms with Gasteiger partial charge in [-0.05, 0) is 77.8 Å². The molecule has 0 spiro atoms. The Morgan fingerprint density at radius 3 is 1.48 bits per heavy atom. The van der Waals surface area contributed by atoms with Crippen LogP contribution in [0.5, 0.6) is 0 Å². The molecule has 0 bridgehead atoms. The summed E-state index contributed by atoms with van der Waals surface area (Å²) in [7, 11) is -9.15. The lowest BCUT2D eigenvalue weighted by atomic mass is 10.3. The summed E-state index contributed by atoms with van der Waals surface area (Å²) in [6, 6.07) is 0. The highest BCUT2D eigenvalue weighted by Gasteiger charge is 2.57. The highest BCUT2D eigenvalue weighted by molar-refractivity contribution is 6.90. The number of amides is 1. The number of carbonyl (C=O) groups is 1. The summed E-state index contributed by atoms with van der Waals surface area (Å²) < 4.78 is 20.5. The van der Waals surface area contributed by atoms with Crippen LogP contribution in [0.1, 0.15) is 26.7 Å². The maximum absolute atomic E-state index is 12.7. The minimum Gasteiger partial charge on any atom is -0.416 e. The van der Waals surface area contributed by atoms with Crippen LogP contribution in [0.4, 0.5) is 0 Å². The van der Waals surface area contributed by atoms with Gasteiger partial charge in [-0.2, -0.15) is 0 Å². The van der Waals surface area contributed by atoms with Crippen LogP contribution in [-0.4, -0.2) is 56.8 Å². The molecule has 1 amide bonds. The van der Waals surface area contributed by atoms with Gasteiger partial charge in [0.2, 0.25) is 5.91 Å². The lowest BCUT2D eigenvalue weighted by Crippen LogP contribution is -2.71. The Hall–Kier alpha value is -0.0425. The predicted molar refractivity (Wildman–Crippen MR) is 125 cm³/mol. The Balaban J connectivity index is 6.55. The molecule has 0 rings (SSSR count). The van der Waals surface area contributed by atoms with Crippen LogP contribution in [-0.2, 0) is 17.1 Å². The van der Waals surface area contributed by atoms with Crippen LogP contribution in [0, 0.1) is 0 Å². The molecule has 1 unspecified atom stereocenters. The summed E-state index contributed by atoms with van der Waals surface area (Å²) in [6.07, 6.45) is 3.01. The molecule has 0 aromatic carbocycles. The van der Waals surface area contributed by atoms with Crippen LogP contribution >= 0.6 is 0 Å². The maximum Gasteiger partial charge on any atom is 0.493 e. The van der Waals surface area contributed by atoms with Gasteiger partial charge < -0.3 is 17.2 Å². The summed E-state index contributed by atoms with van der Waals surface area (Å²) in [6.45, 7) is 28.1. The van der Waals surface area contributed by atoms with Gasteiger partial charge in [-0.15, -0.1) is 0 Å². The average molecular weight is 450 g/mol. The van der Waals surface area contributed by atoms with E-state index in [4.69, 9.17) is 12.3 Å². The van der Waals surface area contributed by atoms with Gasteiger partial charge in [0.25, 0.3) is 0 Å². The Morgan fingerprint density at radius 1 is 0.889 bits per heavy atom. The largest absolute Gasteiger partial charge is 0.493 e. The third-order valence-electron chi connectivity index (χ3n) is 3.44. The molecular weight excluding hydrogens is 407 g/mol. The lowest BCUT2D eigenvalue weighted by molar-refractivity contribution is -0.127. The van der Waals surface area contributed by atoms with E-state index in [1.54, 1.807) is 0 Å². The quantitative estimate of drug-likeness (QED) is 0.302. The second-order valence-corrected chi connectivity index (χ2v) is 26.9. The fourth-order valence-corrected chi connectivity index (χ4v) is 17.6. The van der Waals surface area contributed by atoms with E-state index in [-0.39, 0.29) is 11.6 Å². The van der Waals surface area contributed by atoms with Crippen LogP contribution in [0.25, 0.3) is 0 Å². The molecule has 160 valence electrons. The topological polar surface area (TPSA) is 48.0 Å². The van der Waals surface area contributed by atoms with E-state index in [0.29, 0.717) is 6.54 Å². The highest BCUT2D eigenvalue weighted by Crippen LogP contribution is 2.32. The van der Waals surface area contributed by atoms with Crippen molar-refractivity contribution in [1.29, 1.82) is 0 Å². The molecule has 1 atom stereocenters. The van der Waals surface area contributed by atoms with Gasteiger partial charge in [-0.25, -0.2) is 0 Å². The summed E-state index contributed by atoms with van der Waals surface area (Å²) in [5.74, 6) is -0.0712. The number of carbonyl (C=O) groups excluding carboxylic acids is 1. The zero-order valence-corrected chi connectivity index (χ0v) is 23.6. The normalized spacial score (nSPS) is 14.8. The second-order valence-electron chi connectivity index (χ2n) is 9.91. The monoisotopic (exact) mass is 449 g/mol. The minimum absolute atomic E-state index is 0.0712. The van der Waals surface area contributed by atoms with Crippen molar-refractivity contribution in [2.24, 2.45) is 0 Å². The summed E-state index contributed by atoms with van der Waals surface area (Å²) in [5.41, 5.74) is -0.187. The van der Waals surface area contributed by atoms with Crippen molar-refractivity contribution < 1.29 is 17.1 Å². The van der Waals surface area contributed by atoms with Crippen LogP contribution in [0.15, 0.2) is 12.7 Å². The third kappa shape index (κ3) is 9.82. The zero-order chi connectivity index (χ0) is 21.7. The van der Waals surface area contributed by atoms with Crippen molar-refractivity contribution in [3.05, 3.63) is 12.7 Å². The van der Waals surface area contributed by atoms with Gasteiger partial charge in [0.15, 0.2) is 25.0 Å². The zero-order valence-electron chi connectivity index (χ0n) is 19.6. The molecule has 0 aliphatic rings. The minimum atomic E-state index is -3.17. The number of rotatable bonds is 12. The highest BCUT2D eigenvalue weighted by atomic mass is 28.5. The Kier molecular flexibility index (Phi) is 10.1. The molecule has 0 heterocycles. The predicted octanol–water partition coefficient (Wildman–Crippen LogP) is 5.22. The fourth-order valence-electron chi connectivity index (χ4n) is 2.99. The van der Waals surface area contributed by atoms with E-state index in [2.05, 4.69) is 79.3 Å². The fraction of sp³-hybridized carbons (Fsp3) is 0.833. The standard InChI is InChI=1S/C18H43NO4Si4/c1-13-16-19(17(20)14-2)18(15-3)27(21-24(4,5)6,22-25(7,8)9)23-26(10,11)12/h14,18H,2,13,15-16H2,1,3-12H3. The van der Waals surface area contributed by atoms with Crippen molar-refractivity contribution in [3.8, 4) is 0 Å². The van der Waals surface area contributed by atoms with Crippen molar-refractivity contribution in [3.63, 3.8) is 0 Å². The van der Waals surface area contributed by atoms with Gasteiger partial charge in [0.05, 0.1) is 5.67 Å². The third-order valence-corrected chi connectivity index (χ3v) is 15.7. The maximum atomic E-state index is 12.7. The smallest absolute Gasteiger partial charge is 0.416 e. The Bertz CT molecular complexity index is 454. The number of hydrogen-bond acceptors (Lipinski definition) is 4. The summed E-state index contributed by atoms with van der Waals surface area (Å²) in [4.78, 5) is 14.6.